The number of hydrogen-bond donors (Lipinski definition) is 1. The van der Waals surface area contributed by atoms with Crippen LogP contribution in [0, 0.1) is 0 Å². The molecule has 2 aromatic rings. The molecule has 0 aliphatic heterocycles. The number of amides is 1. The molecule has 2 aromatic heterocycles. The fraction of sp³-hybridized carbons (Fsp3) is 0.375. The Morgan fingerprint density at radius 3 is 2.41 bits per heavy atom. The Labute approximate surface area is 129 Å². The molecule has 22 heavy (non-hydrogen) atoms. The molecule has 6 heteroatoms. The van der Waals surface area contributed by atoms with Gasteiger partial charge in [-0.3, -0.25) is 9.78 Å². The summed E-state index contributed by atoms with van der Waals surface area (Å²) in [6, 6.07) is 5.82. The zero-order chi connectivity index (χ0) is 15.2. The van der Waals surface area contributed by atoms with E-state index in [1.807, 2.05) is 0 Å². The molecule has 1 fully saturated rings. The van der Waals surface area contributed by atoms with Crippen molar-refractivity contribution < 1.29 is 9.53 Å². The highest BCUT2D eigenvalue weighted by Gasteiger charge is 2.24. The molecule has 2 heterocycles. The van der Waals surface area contributed by atoms with Crippen LogP contribution in [0.3, 0.4) is 0 Å². The topological polar surface area (TPSA) is 77.0 Å². The molecule has 1 N–H and O–H groups in total. The number of aromatic nitrogens is 3. The third-order valence-corrected chi connectivity index (χ3v) is 3.77. The fourth-order valence-electron chi connectivity index (χ4n) is 2.59. The molecule has 0 radical (unpaired) electrons. The van der Waals surface area contributed by atoms with Crippen LogP contribution in [-0.4, -0.2) is 33.0 Å². The molecule has 1 amide bonds. The number of carbonyl (C=O) groups excluding carboxylic acids is 1. The van der Waals surface area contributed by atoms with Crippen LogP contribution in [0.5, 0.6) is 6.01 Å². The van der Waals surface area contributed by atoms with E-state index < -0.39 is 0 Å². The lowest BCUT2D eigenvalue weighted by Gasteiger charge is -2.28. The van der Waals surface area contributed by atoms with Crippen molar-refractivity contribution in [2.24, 2.45) is 0 Å². The van der Waals surface area contributed by atoms with Gasteiger partial charge in [0.2, 0.25) is 0 Å². The lowest BCUT2D eigenvalue weighted by molar-refractivity contribution is 0.0885. The maximum Gasteiger partial charge on any atom is 0.316 e. The van der Waals surface area contributed by atoms with Crippen molar-refractivity contribution in [1.29, 1.82) is 0 Å². The van der Waals surface area contributed by atoms with E-state index in [0.29, 0.717) is 11.6 Å². The van der Waals surface area contributed by atoms with Gasteiger partial charge in [-0.05, 0) is 43.9 Å². The fourth-order valence-corrected chi connectivity index (χ4v) is 2.59. The Kier molecular flexibility index (Phi) is 4.58. The van der Waals surface area contributed by atoms with Crippen molar-refractivity contribution in [3.05, 3.63) is 48.5 Å². The Morgan fingerprint density at radius 2 is 1.73 bits per heavy atom. The minimum absolute atomic E-state index is 0.0434. The van der Waals surface area contributed by atoms with Gasteiger partial charge in [0.05, 0.1) is 0 Å². The highest BCUT2D eigenvalue weighted by molar-refractivity contribution is 5.94. The van der Waals surface area contributed by atoms with E-state index in [2.05, 4.69) is 20.3 Å². The number of carbonyl (C=O) groups is 1. The van der Waals surface area contributed by atoms with Gasteiger partial charge in [0, 0.05) is 36.4 Å². The molecule has 0 atom stereocenters. The number of rotatable bonds is 4. The molecule has 1 saturated carbocycles. The van der Waals surface area contributed by atoms with Crippen LogP contribution >= 0.6 is 0 Å². The van der Waals surface area contributed by atoms with E-state index in [1.54, 1.807) is 43.0 Å². The first-order valence-electron chi connectivity index (χ1n) is 7.46. The van der Waals surface area contributed by atoms with E-state index in [-0.39, 0.29) is 18.1 Å². The highest BCUT2D eigenvalue weighted by Crippen LogP contribution is 2.22. The van der Waals surface area contributed by atoms with E-state index in [4.69, 9.17) is 4.74 Å². The summed E-state index contributed by atoms with van der Waals surface area (Å²) in [4.78, 5) is 24.2. The van der Waals surface area contributed by atoms with Crippen molar-refractivity contribution in [3.8, 4) is 6.01 Å². The second kappa shape index (κ2) is 6.98. The van der Waals surface area contributed by atoms with Gasteiger partial charge >= 0.3 is 6.01 Å². The molecule has 0 saturated heterocycles. The summed E-state index contributed by atoms with van der Waals surface area (Å²) < 4.78 is 5.75. The van der Waals surface area contributed by atoms with Crippen molar-refractivity contribution in [1.82, 2.24) is 20.3 Å². The molecule has 0 bridgehead atoms. The summed E-state index contributed by atoms with van der Waals surface area (Å²) in [7, 11) is 0. The Balaban J connectivity index is 1.47. The Morgan fingerprint density at radius 1 is 1.05 bits per heavy atom. The third-order valence-electron chi connectivity index (χ3n) is 3.77. The maximum absolute atomic E-state index is 12.1. The van der Waals surface area contributed by atoms with E-state index in [0.717, 1.165) is 25.7 Å². The summed E-state index contributed by atoms with van der Waals surface area (Å²) in [6.45, 7) is 0. The second-order valence-corrected chi connectivity index (χ2v) is 5.33. The van der Waals surface area contributed by atoms with E-state index >= 15 is 0 Å². The molecule has 114 valence electrons. The van der Waals surface area contributed by atoms with E-state index in [1.165, 1.54) is 0 Å². The minimum Gasteiger partial charge on any atom is -0.460 e. The monoisotopic (exact) mass is 298 g/mol. The average molecular weight is 298 g/mol. The maximum atomic E-state index is 12.1. The number of nitrogens with one attached hydrogen (secondary N) is 1. The second-order valence-electron chi connectivity index (χ2n) is 5.33. The average Bonchev–Trinajstić information content (AvgIpc) is 2.58. The van der Waals surface area contributed by atoms with E-state index in [9.17, 15) is 4.79 Å². The van der Waals surface area contributed by atoms with Gasteiger partial charge in [0.25, 0.3) is 5.91 Å². The molecule has 1 aliphatic carbocycles. The largest absolute Gasteiger partial charge is 0.460 e. The van der Waals surface area contributed by atoms with Gasteiger partial charge in [0.15, 0.2) is 0 Å². The zero-order valence-corrected chi connectivity index (χ0v) is 12.2. The van der Waals surface area contributed by atoms with Gasteiger partial charge in [0.1, 0.15) is 6.10 Å². The van der Waals surface area contributed by atoms with Crippen molar-refractivity contribution >= 4 is 5.91 Å². The lowest BCUT2D eigenvalue weighted by Crippen LogP contribution is -2.39. The van der Waals surface area contributed by atoms with Crippen LogP contribution in [0.2, 0.25) is 0 Å². The molecule has 0 spiro atoms. The minimum atomic E-state index is -0.0434. The Bertz CT molecular complexity index is 598. The molecule has 6 nitrogen and oxygen atoms in total. The van der Waals surface area contributed by atoms with Crippen LogP contribution in [0.25, 0.3) is 0 Å². The molecule has 0 aromatic carbocycles. The summed E-state index contributed by atoms with van der Waals surface area (Å²) in [5, 5.41) is 3.07. The molecular weight excluding hydrogens is 280 g/mol. The highest BCUT2D eigenvalue weighted by atomic mass is 16.5. The van der Waals surface area contributed by atoms with Gasteiger partial charge < -0.3 is 10.1 Å². The third kappa shape index (κ3) is 3.78. The smallest absolute Gasteiger partial charge is 0.316 e. The summed E-state index contributed by atoms with van der Waals surface area (Å²) in [6.07, 6.45) is 10.3. The van der Waals surface area contributed by atoms with Crippen molar-refractivity contribution in [3.63, 3.8) is 0 Å². The first-order valence-corrected chi connectivity index (χ1v) is 7.46. The number of nitrogens with zero attached hydrogens (tertiary/aromatic N) is 3. The standard InChI is InChI=1S/C16H18N4O2/c21-15(12-6-10-17-11-7-12)20-13-2-4-14(5-3-13)22-16-18-8-1-9-19-16/h1,6-11,13-14H,2-5H2,(H,20,21). The first-order chi connectivity index (χ1) is 10.8. The normalized spacial score (nSPS) is 21.1. The van der Waals surface area contributed by atoms with Crippen molar-refractivity contribution in [2.75, 3.05) is 0 Å². The van der Waals surface area contributed by atoms with Gasteiger partial charge in [-0.25, -0.2) is 9.97 Å². The first kappa shape index (κ1) is 14.4. The van der Waals surface area contributed by atoms with Crippen LogP contribution < -0.4 is 10.1 Å². The molecule has 1 aliphatic rings. The van der Waals surface area contributed by atoms with Gasteiger partial charge in [-0.15, -0.1) is 0 Å². The van der Waals surface area contributed by atoms with Crippen LogP contribution in [0.15, 0.2) is 43.0 Å². The van der Waals surface area contributed by atoms with Crippen LogP contribution in [0.4, 0.5) is 0 Å². The van der Waals surface area contributed by atoms with Gasteiger partial charge in [-0.1, -0.05) is 0 Å². The summed E-state index contributed by atoms with van der Waals surface area (Å²) >= 11 is 0. The Hall–Kier alpha value is -2.50. The predicted octanol–water partition coefficient (Wildman–Crippen LogP) is 1.99. The number of ether oxygens (including phenoxy) is 1. The van der Waals surface area contributed by atoms with Crippen LogP contribution in [-0.2, 0) is 0 Å². The molecule has 3 rings (SSSR count). The quantitative estimate of drug-likeness (QED) is 0.934. The lowest BCUT2D eigenvalue weighted by atomic mass is 9.93. The van der Waals surface area contributed by atoms with Crippen molar-refractivity contribution in [2.45, 2.75) is 37.8 Å². The predicted molar refractivity (Wildman–Crippen MR) is 80.4 cm³/mol. The molecule has 0 unspecified atom stereocenters. The van der Waals surface area contributed by atoms with Gasteiger partial charge in [-0.2, -0.15) is 0 Å². The number of pyridine rings is 1. The summed E-state index contributed by atoms with van der Waals surface area (Å²) in [5.41, 5.74) is 0.644. The summed E-state index contributed by atoms with van der Waals surface area (Å²) in [5.74, 6) is -0.0434. The number of hydrogen-bond acceptors (Lipinski definition) is 5. The zero-order valence-electron chi connectivity index (χ0n) is 12.2. The van der Waals surface area contributed by atoms with Crippen LogP contribution in [0.1, 0.15) is 36.0 Å². The molecular formula is C16H18N4O2. The SMILES string of the molecule is O=C(NC1CCC(Oc2ncccn2)CC1)c1ccncc1.